The fraction of sp³-hybridized carbons (Fsp3) is 0.455. The first kappa shape index (κ1) is 9.96. The average Bonchev–Trinajstić information content (AvgIpc) is 2.56. The lowest BCUT2D eigenvalue weighted by atomic mass is 9.97. The third kappa shape index (κ3) is 2.46. The minimum absolute atomic E-state index is 0.242. The summed E-state index contributed by atoms with van der Waals surface area (Å²) in [5.74, 6) is 0.790. The fourth-order valence-corrected chi connectivity index (χ4v) is 1.28. The molecule has 15 heavy (non-hydrogen) atoms. The Hall–Kier alpha value is -1.58. The number of nitrogens with zero attached hydrogens (tertiary/aromatic N) is 2. The Balaban J connectivity index is 2.16. The normalized spacial score (nSPS) is 11.9. The summed E-state index contributed by atoms with van der Waals surface area (Å²) in [5.41, 5.74) is 1.97. The van der Waals surface area contributed by atoms with Crippen molar-refractivity contribution in [2.24, 2.45) is 5.41 Å². The van der Waals surface area contributed by atoms with E-state index in [-0.39, 0.29) is 5.41 Å². The Kier molecular flexibility index (Phi) is 2.34. The van der Waals surface area contributed by atoms with Gasteiger partial charge in [0.2, 0.25) is 5.95 Å². The second-order valence-electron chi connectivity index (χ2n) is 4.87. The van der Waals surface area contributed by atoms with Crippen molar-refractivity contribution in [3.8, 4) is 0 Å². The number of imidazole rings is 1. The minimum atomic E-state index is 0.242. The Labute approximate surface area is 89.1 Å². The van der Waals surface area contributed by atoms with Gasteiger partial charge in [-0.2, -0.15) is 4.98 Å². The van der Waals surface area contributed by atoms with Gasteiger partial charge in [0.15, 0.2) is 5.65 Å². The van der Waals surface area contributed by atoms with Gasteiger partial charge in [0.05, 0.1) is 5.52 Å². The van der Waals surface area contributed by atoms with Crippen LogP contribution in [-0.4, -0.2) is 21.5 Å². The summed E-state index contributed by atoms with van der Waals surface area (Å²) in [4.78, 5) is 11.7. The summed E-state index contributed by atoms with van der Waals surface area (Å²) in [6, 6.07) is 3.87. The summed E-state index contributed by atoms with van der Waals surface area (Å²) >= 11 is 0. The number of aromatic amines is 1. The molecule has 0 saturated carbocycles. The van der Waals surface area contributed by atoms with E-state index in [0.29, 0.717) is 0 Å². The lowest BCUT2D eigenvalue weighted by Gasteiger charge is -2.17. The van der Waals surface area contributed by atoms with Gasteiger partial charge in [0.25, 0.3) is 0 Å². The molecule has 0 aromatic carbocycles. The third-order valence-corrected chi connectivity index (χ3v) is 2.04. The van der Waals surface area contributed by atoms with E-state index in [4.69, 9.17) is 0 Å². The summed E-state index contributed by atoms with van der Waals surface area (Å²) in [6.45, 7) is 7.43. The van der Waals surface area contributed by atoms with E-state index in [0.717, 1.165) is 23.7 Å². The molecular formula is C11H16N4. The van der Waals surface area contributed by atoms with Crippen molar-refractivity contribution >= 4 is 17.1 Å². The van der Waals surface area contributed by atoms with Crippen molar-refractivity contribution in [2.75, 3.05) is 11.9 Å². The van der Waals surface area contributed by atoms with Gasteiger partial charge in [-0.15, -0.1) is 0 Å². The smallest absolute Gasteiger partial charge is 0.202 e. The highest BCUT2D eigenvalue weighted by Crippen LogP contribution is 2.15. The van der Waals surface area contributed by atoms with E-state index in [2.05, 4.69) is 41.0 Å². The maximum atomic E-state index is 4.34. The largest absolute Gasteiger partial charge is 0.355 e. The molecule has 2 aromatic heterocycles. The van der Waals surface area contributed by atoms with Crippen LogP contribution in [0.25, 0.3) is 11.2 Å². The molecule has 4 nitrogen and oxygen atoms in total. The molecule has 2 heterocycles. The summed E-state index contributed by atoms with van der Waals surface area (Å²) < 4.78 is 0. The number of fused-ring (bicyclic) bond motifs is 1. The van der Waals surface area contributed by atoms with E-state index >= 15 is 0 Å². The van der Waals surface area contributed by atoms with E-state index < -0.39 is 0 Å². The maximum Gasteiger partial charge on any atom is 0.202 e. The highest BCUT2D eigenvalue weighted by Gasteiger charge is 2.10. The van der Waals surface area contributed by atoms with E-state index in [9.17, 15) is 0 Å². The number of anilines is 1. The van der Waals surface area contributed by atoms with Crippen LogP contribution in [0.1, 0.15) is 20.8 Å². The summed E-state index contributed by atoms with van der Waals surface area (Å²) in [6.07, 6.45) is 1.75. The van der Waals surface area contributed by atoms with Crippen LogP contribution in [0.3, 0.4) is 0 Å². The number of rotatable bonds is 2. The monoisotopic (exact) mass is 204 g/mol. The van der Waals surface area contributed by atoms with Gasteiger partial charge in [0.1, 0.15) is 0 Å². The van der Waals surface area contributed by atoms with Crippen LogP contribution in [0.15, 0.2) is 18.3 Å². The van der Waals surface area contributed by atoms with Crippen LogP contribution in [-0.2, 0) is 0 Å². The minimum Gasteiger partial charge on any atom is -0.355 e. The van der Waals surface area contributed by atoms with Crippen molar-refractivity contribution in [1.82, 2.24) is 15.0 Å². The Morgan fingerprint density at radius 3 is 2.87 bits per heavy atom. The molecule has 0 unspecified atom stereocenters. The standard InChI is InChI=1S/C11H16N4/c1-11(2,3)7-13-10-14-8-5-4-6-12-9(8)15-10/h4-6H,7H2,1-3H3,(H2,12,13,14,15). The quantitative estimate of drug-likeness (QED) is 0.789. The van der Waals surface area contributed by atoms with E-state index in [1.807, 2.05) is 12.1 Å². The van der Waals surface area contributed by atoms with Crippen molar-refractivity contribution in [2.45, 2.75) is 20.8 Å². The molecule has 2 rings (SSSR count). The van der Waals surface area contributed by atoms with E-state index in [1.165, 1.54) is 0 Å². The third-order valence-electron chi connectivity index (χ3n) is 2.04. The average molecular weight is 204 g/mol. The van der Waals surface area contributed by atoms with Crippen LogP contribution >= 0.6 is 0 Å². The Morgan fingerprint density at radius 2 is 2.20 bits per heavy atom. The van der Waals surface area contributed by atoms with Crippen LogP contribution in [0.5, 0.6) is 0 Å². The zero-order valence-corrected chi connectivity index (χ0v) is 9.33. The number of aromatic nitrogens is 3. The van der Waals surface area contributed by atoms with Crippen molar-refractivity contribution in [3.63, 3.8) is 0 Å². The molecule has 0 fully saturated rings. The molecule has 4 heteroatoms. The van der Waals surface area contributed by atoms with Gasteiger partial charge in [-0.25, -0.2) is 4.98 Å². The number of hydrogen-bond donors (Lipinski definition) is 2. The van der Waals surface area contributed by atoms with Gasteiger partial charge in [-0.3, -0.25) is 0 Å². The Bertz CT molecular complexity index is 420. The fourth-order valence-electron chi connectivity index (χ4n) is 1.28. The second-order valence-corrected chi connectivity index (χ2v) is 4.87. The van der Waals surface area contributed by atoms with Crippen LogP contribution < -0.4 is 5.32 Å². The first-order valence-corrected chi connectivity index (χ1v) is 5.09. The first-order valence-electron chi connectivity index (χ1n) is 5.09. The highest BCUT2D eigenvalue weighted by molar-refractivity contribution is 5.72. The Morgan fingerprint density at radius 1 is 1.40 bits per heavy atom. The molecular weight excluding hydrogens is 188 g/mol. The molecule has 0 radical (unpaired) electrons. The molecule has 0 aliphatic carbocycles. The lowest BCUT2D eigenvalue weighted by Crippen LogP contribution is -2.19. The van der Waals surface area contributed by atoms with Gasteiger partial charge in [-0.1, -0.05) is 20.8 Å². The molecule has 2 N–H and O–H groups in total. The van der Waals surface area contributed by atoms with Gasteiger partial charge >= 0.3 is 0 Å². The zero-order chi connectivity index (χ0) is 10.9. The molecule has 0 atom stereocenters. The van der Waals surface area contributed by atoms with E-state index in [1.54, 1.807) is 6.20 Å². The predicted octanol–water partition coefficient (Wildman–Crippen LogP) is 2.42. The molecule has 0 bridgehead atoms. The SMILES string of the molecule is CC(C)(C)CNc1nc2ncccc2[nH]1. The van der Waals surface area contributed by atoms with Gasteiger partial charge < -0.3 is 10.3 Å². The molecule has 0 aliphatic heterocycles. The molecule has 0 amide bonds. The molecule has 0 aliphatic rings. The van der Waals surface area contributed by atoms with Crippen LogP contribution in [0.2, 0.25) is 0 Å². The number of pyridine rings is 1. The lowest BCUT2D eigenvalue weighted by molar-refractivity contribution is 0.442. The molecule has 80 valence electrons. The molecule has 0 spiro atoms. The number of H-pyrrole nitrogens is 1. The maximum absolute atomic E-state index is 4.34. The zero-order valence-electron chi connectivity index (χ0n) is 9.33. The van der Waals surface area contributed by atoms with Gasteiger partial charge in [-0.05, 0) is 17.5 Å². The number of nitrogens with one attached hydrogen (secondary N) is 2. The number of hydrogen-bond acceptors (Lipinski definition) is 3. The second kappa shape index (κ2) is 3.53. The van der Waals surface area contributed by atoms with Crippen LogP contribution in [0, 0.1) is 5.41 Å². The summed E-state index contributed by atoms with van der Waals surface area (Å²) in [5, 5.41) is 3.27. The molecule has 0 saturated heterocycles. The first-order chi connectivity index (χ1) is 7.04. The predicted molar refractivity (Wildman–Crippen MR) is 61.8 cm³/mol. The van der Waals surface area contributed by atoms with Crippen LogP contribution in [0.4, 0.5) is 5.95 Å². The summed E-state index contributed by atoms with van der Waals surface area (Å²) in [7, 11) is 0. The molecule has 2 aromatic rings. The van der Waals surface area contributed by atoms with Crippen molar-refractivity contribution in [1.29, 1.82) is 0 Å². The topological polar surface area (TPSA) is 53.6 Å². The van der Waals surface area contributed by atoms with Gasteiger partial charge in [0, 0.05) is 12.7 Å². The van der Waals surface area contributed by atoms with Crippen molar-refractivity contribution < 1.29 is 0 Å². The highest BCUT2D eigenvalue weighted by atomic mass is 15.1. The van der Waals surface area contributed by atoms with Crippen molar-refractivity contribution in [3.05, 3.63) is 18.3 Å².